The molecule has 10 heteroatoms. The van der Waals surface area contributed by atoms with Crippen molar-refractivity contribution in [1.82, 2.24) is 9.91 Å². The lowest BCUT2D eigenvalue weighted by atomic mass is 10.2. The van der Waals surface area contributed by atoms with E-state index in [-0.39, 0.29) is 12.4 Å². The second-order valence-electron chi connectivity index (χ2n) is 3.93. The summed E-state index contributed by atoms with van der Waals surface area (Å²) < 4.78 is 11.2. The number of nitrogens with zero attached hydrogens (tertiary/aromatic N) is 3. The highest BCUT2D eigenvalue weighted by Gasteiger charge is 2.36. The van der Waals surface area contributed by atoms with Crippen LogP contribution in [0.4, 0.5) is 4.79 Å². The molecule has 19 heavy (non-hydrogen) atoms. The van der Waals surface area contributed by atoms with Crippen molar-refractivity contribution in [2.24, 2.45) is 5.29 Å². The summed E-state index contributed by atoms with van der Waals surface area (Å²) in [4.78, 5) is 42.0. The van der Waals surface area contributed by atoms with Crippen LogP contribution in [0.25, 0.3) is 0 Å². The molecular formula is C9H19ClN3O5P. The average Bonchev–Trinajstić information content (AvgIpc) is 2.35. The number of nitroso groups, excluding NO2 is 1. The van der Waals surface area contributed by atoms with Crippen LogP contribution in [0.1, 0.15) is 27.2 Å². The van der Waals surface area contributed by atoms with Crippen molar-refractivity contribution in [1.29, 1.82) is 0 Å². The number of halogens is 1. The van der Waals surface area contributed by atoms with Gasteiger partial charge in [0, 0.05) is 12.4 Å². The Hall–Kier alpha value is -0.690. The number of hydrogen-bond acceptors (Lipinski definition) is 4. The highest BCUT2D eigenvalue weighted by atomic mass is 35.5. The first-order valence-electron chi connectivity index (χ1n) is 5.78. The van der Waals surface area contributed by atoms with E-state index in [4.69, 9.17) is 21.4 Å². The van der Waals surface area contributed by atoms with Gasteiger partial charge in [-0.25, -0.2) is 4.79 Å². The summed E-state index contributed by atoms with van der Waals surface area (Å²) in [6.07, 6.45) is 0.406. The van der Waals surface area contributed by atoms with E-state index in [2.05, 4.69) is 5.29 Å². The predicted molar refractivity (Wildman–Crippen MR) is 71.7 cm³/mol. The molecule has 0 aromatic rings. The molecule has 8 nitrogen and oxygen atoms in total. The SMILES string of the molecule is CCC(CCl)N(N=O)C(=O)N(CC)C(C)P(=O)(O)O. The Morgan fingerprint density at radius 3 is 2.21 bits per heavy atom. The van der Waals surface area contributed by atoms with E-state index in [0.717, 1.165) is 4.90 Å². The molecule has 2 N–H and O–H groups in total. The van der Waals surface area contributed by atoms with Gasteiger partial charge in [0.1, 0.15) is 5.78 Å². The second-order valence-corrected chi connectivity index (χ2v) is 6.17. The summed E-state index contributed by atoms with van der Waals surface area (Å²) in [5.41, 5.74) is 0. The quantitative estimate of drug-likeness (QED) is 0.323. The van der Waals surface area contributed by atoms with Gasteiger partial charge in [-0.1, -0.05) is 6.92 Å². The lowest BCUT2D eigenvalue weighted by Gasteiger charge is -2.32. The Bertz CT molecular complexity index is 360. The van der Waals surface area contributed by atoms with Crippen LogP contribution in [-0.2, 0) is 4.57 Å². The summed E-state index contributed by atoms with van der Waals surface area (Å²) in [7, 11) is -4.48. The van der Waals surface area contributed by atoms with Crippen molar-refractivity contribution in [3.8, 4) is 0 Å². The Morgan fingerprint density at radius 2 is 1.95 bits per heavy atom. The van der Waals surface area contributed by atoms with Crippen LogP contribution in [0, 0.1) is 4.91 Å². The molecule has 0 spiro atoms. The number of carbonyl (C=O) groups is 1. The molecule has 112 valence electrons. The fourth-order valence-corrected chi connectivity index (χ4v) is 2.45. The van der Waals surface area contributed by atoms with Crippen molar-refractivity contribution in [3.63, 3.8) is 0 Å². The van der Waals surface area contributed by atoms with Gasteiger partial charge in [0.05, 0.1) is 11.3 Å². The maximum absolute atomic E-state index is 12.1. The van der Waals surface area contributed by atoms with Crippen molar-refractivity contribution in [2.45, 2.75) is 39.0 Å². The first-order chi connectivity index (χ1) is 8.74. The van der Waals surface area contributed by atoms with Gasteiger partial charge in [-0.05, 0) is 20.3 Å². The summed E-state index contributed by atoms with van der Waals surface area (Å²) in [6.45, 7) is 4.53. The van der Waals surface area contributed by atoms with Gasteiger partial charge in [-0.3, -0.25) is 4.57 Å². The molecule has 0 aliphatic heterocycles. The Morgan fingerprint density at radius 1 is 1.42 bits per heavy atom. The number of alkyl halides is 1. The molecule has 0 aromatic heterocycles. The molecule has 0 rings (SSSR count). The van der Waals surface area contributed by atoms with E-state index >= 15 is 0 Å². The second kappa shape index (κ2) is 7.79. The number of hydrogen-bond donors (Lipinski definition) is 2. The maximum atomic E-state index is 12.1. The smallest absolute Gasteiger partial charge is 0.323 e. The maximum Gasteiger partial charge on any atom is 0.347 e. The molecule has 0 saturated heterocycles. The van der Waals surface area contributed by atoms with E-state index in [1.807, 2.05) is 0 Å². The highest BCUT2D eigenvalue weighted by molar-refractivity contribution is 7.52. The normalized spacial score (nSPS) is 14.6. The number of rotatable bonds is 7. The Balaban J connectivity index is 5.21. The molecule has 0 fully saturated rings. The van der Waals surface area contributed by atoms with E-state index < -0.39 is 25.5 Å². The average molecular weight is 316 g/mol. The van der Waals surface area contributed by atoms with Gasteiger partial charge < -0.3 is 14.7 Å². The molecule has 2 unspecified atom stereocenters. The summed E-state index contributed by atoms with van der Waals surface area (Å²) in [5, 5.41) is 3.25. The number of amides is 2. The van der Waals surface area contributed by atoms with Crippen molar-refractivity contribution >= 4 is 25.2 Å². The lowest BCUT2D eigenvalue weighted by molar-refractivity contribution is 0.131. The van der Waals surface area contributed by atoms with Gasteiger partial charge in [0.2, 0.25) is 0 Å². The van der Waals surface area contributed by atoms with E-state index in [9.17, 15) is 14.3 Å². The molecule has 0 bridgehead atoms. The van der Waals surface area contributed by atoms with Gasteiger partial charge in [-0.2, -0.15) is 5.01 Å². The van der Waals surface area contributed by atoms with Crippen LogP contribution in [-0.4, -0.2) is 50.0 Å². The lowest BCUT2D eigenvalue weighted by Crippen LogP contribution is -2.48. The first-order valence-corrected chi connectivity index (χ1v) is 8.00. The number of urea groups is 1. The molecule has 0 saturated carbocycles. The monoisotopic (exact) mass is 315 g/mol. The number of carbonyl (C=O) groups excluding carboxylic acids is 1. The first kappa shape index (κ1) is 18.3. The van der Waals surface area contributed by atoms with E-state index in [1.54, 1.807) is 13.8 Å². The van der Waals surface area contributed by atoms with Crippen LogP contribution in [0.3, 0.4) is 0 Å². The standard InChI is InChI=1S/C9H19ClN3O5P/c1-4-8(6-10)13(11-15)9(14)12(5-2)7(3)19(16,17)18/h7-8H,4-6H2,1-3H3,(H2,16,17,18). The Kier molecular flexibility index (Phi) is 7.51. The fourth-order valence-electron chi connectivity index (χ4n) is 1.48. The van der Waals surface area contributed by atoms with Crippen LogP contribution >= 0.6 is 19.2 Å². The zero-order chi connectivity index (χ0) is 15.2. The van der Waals surface area contributed by atoms with E-state index in [1.165, 1.54) is 6.92 Å². The minimum Gasteiger partial charge on any atom is -0.323 e. The Labute approximate surface area is 116 Å². The van der Waals surface area contributed by atoms with Crippen molar-refractivity contribution < 1.29 is 19.1 Å². The third-order valence-corrected chi connectivity index (χ3v) is 4.41. The molecule has 0 aliphatic rings. The predicted octanol–water partition coefficient (Wildman–Crippen LogP) is 1.95. The van der Waals surface area contributed by atoms with Crippen LogP contribution in [0.2, 0.25) is 0 Å². The molecule has 2 atom stereocenters. The minimum atomic E-state index is -4.48. The topological polar surface area (TPSA) is 111 Å². The van der Waals surface area contributed by atoms with E-state index in [0.29, 0.717) is 11.4 Å². The molecule has 0 heterocycles. The third-order valence-electron chi connectivity index (χ3n) is 2.80. The molecule has 2 amide bonds. The fraction of sp³-hybridized carbons (Fsp3) is 0.889. The van der Waals surface area contributed by atoms with Crippen LogP contribution in [0.15, 0.2) is 5.29 Å². The molecule has 0 aliphatic carbocycles. The molecule has 0 aromatic carbocycles. The molecular weight excluding hydrogens is 297 g/mol. The zero-order valence-electron chi connectivity index (χ0n) is 11.1. The van der Waals surface area contributed by atoms with Crippen LogP contribution < -0.4 is 0 Å². The summed E-state index contributed by atoms with van der Waals surface area (Å²) in [5.74, 6) is -1.32. The largest absolute Gasteiger partial charge is 0.347 e. The van der Waals surface area contributed by atoms with Crippen LogP contribution in [0.5, 0.6) is 0 Å². The summed E-state index contributed by atoms with van der Waals surface area (Å²) in [6, 6.07) is -1.47. The van der Waals surface area contributed by atoms with Gasteiger partial charge >= 0.3 is 13.6 Å². The summed E-state index contributed by atoms with van der Waals surface area (Å²) >= 11 is 5.64. The minimum absolute atomic E-state index is 0.00975. The van der Waals surface area contributed by atoms with Gasteiger partial charge in [0.15, 0.2) is 0 Å². The zero-order valence-corrected chi connectivity index (χ0v) is 12.7. The molecule has 0 radical (unpaired) electrons. The van der Waals surface area contributed by atoms with Gasteiger partial charge in [0.25, 0.3) is 0 Å². The van der Waals surface area contributed by atoms with Crippen molar-refractivity contribution in [3.05, 3.63) is 4.91 Å². The van der Waals surface area contributed by atoms with Crippen molar-refractivity contribution in [2.75, 3.05) is 12.4 Å². The highest BCUT2D eigenvalue weighted by Crippen LogP contribution is 2.42. The third kappa shape index (κ3) is 4.72. The van der Waals surface area contributed by atoms with Gasteiger partial charge in [-0.15, -0.1) is 16.5 Å².